The van der Waals surface area contributed by atoms with Crippen LogP contribution in [0.5, 0.6) is 0 Å². The third-order valence-electron chi connectivity index (χ3n) is 4.11. The van der Waals surface area contributed by atoms with Crippen molar-refractivity contribution in [3.8, 4) is 0 Å². The summed E-state index contributed by atoms with van der Waals surface area (Å²) < 4.78 is 0. The second kappa shape index (κ2) is 13.2. The van der Waals surface area contributed by atoms with Gasteiger partial charge in [-0.05, 0) is 25.7 Å². The van der Waals surface area contributed by atoms with Gasteiger partial charge in [-0.15, -0.1) is 0 Å². The molecule has 9 N–H and O–H groups in total. The van der Waals surface area contributed by atoms with Crippen molar-refractivity contribution in [3.63, 3.8) is 0 Å². The maximum absolute atomic E-state index is 12.5. The van der Waals surface area contributed by atoms with E-state index in [-0.39, 0.29) is 12.3 Å². The highest BCUT2D eigenvalue weighted by Crippen LogP contribution is 2.05. The Morgan fingerprint density at radius 3 is 1.84 bits per heavy atom. The molecule has 13 heteroatoms. The van der Waals surface area contributed by atoms with Crippen molar-refractivity contribution in [3.05, 3.63) is 0 Å². The average molecular weight is 445 g/mol. The van der Waals surface area contributed by atoms with Gasteiger partial charge in [0.25, 0.3) is 0 Å². The average Bonchev–Trinajstić information content (AvgIpc) is 2.62. The van der Waals surface area contributed by atoms with E-state index in [0.717, 1.165) is 0 Å². The molecule has 31 heavy (non-hydrogen) atoms. The largest absolute Gasteiger partial charge is 0.481 e. The smallest absolute Gasteiger partial charge is 0.326 e. The molecule has 0 spiro atoms. The normalized spacial score (nSPS) is 14.6. The summed E-state index contributed by atoms with van der Waals surface area (Å²) in [5.41, 5.74) is 10.7. The lowest BCUT2D eigenvalue weighted by Gasteiger charge is -2.23. The van der Waals surface area contributed by atoms with Crippen LogP contribution >= 0.6 is 0 Å². The molecule has 0 aliphatic heterocycles. The summed E-state index contributed by atoms with van der Waals surface area (Å²) in [6, 6.07) is -5.03. The number of nitrogens with two attached hydrogens (primary N) is 2. The van der Waals surface area contributed by atoms with Gasteiger partial charge in [0.2, 0.25) is 23.6 Å². The predicted octanol–water partition coefficient (Wildman–Crippen LogP) is -2.34. The van der Waals surface area contributed by atoms with Crippen LogP contribution in [0.25, 0.3) is 0 Å². The molecule has 0 aliphatic carbocycles. The van der Waals surface area contributed by atoms with Crippen molar-refractivity contribution in [2.24, 2.45) is 17.4 Å². The minimum Gasteiger partial charge on any atom is -0.481 e. The summed E-state index contributed by atoms with van der Waals surface area (Å²) in [5.74, 6) is -5.94. The van der Waals surface area contributed by atoms with Crippen LogP contribution in [-0.4, -0.2) is 69.9 Å². The van der Waals surface area contributed by atoms with Crippen molar-refractivity contribution in [2.45, 2.75) is 70.6 Å². The van der Waals surface area contributed by atoms with Crippen molar-refractivity contribution < 1.29 is 39.0 Å². The molecule has 0 bridgehead atoms. The highest BCUT2D eigenvalue weighted by atomic mass is 16.4. The highest BCUT2D eigenvalue weighted by Gasteiger charge is 2.29. The van der Waals surface area contributed by atoms with Crippen molar-refractivity contribution in [1.29, 1.82) is 0 Å². The number of primary amides is 1. The number of carboxylic acid groups (broad SMARTS) is 2. The van der Waals surface area contributed by atoms with Crippen LogP contribution in [0.1, 0.15) is 46.5 Å². The molecule has 0 aliphatic rings. The zero-order valence-corrected chi connectivity index (χ0v) is 17.7. The Morgan fingerprint density at radius 1 is 0.839 bits per heavy atom. The van der Waals surface area contributed by atoms with E-state index < -0.39 is 72.6 Å². The molecule has 13 nitrogen and oxygen atoms in total. The number of nitrogens with one attached hydrogen (secondary N) is 3. The fraction of sp³-hybridized carbons (Fsp3) is 0.667. The summed E-state index contributed by atoms with van der Waals surface area (Å²) in [6.07, 6.45) is -0.992. The molecule has 0 aromatic carbocycles. The summed E-state index contributed by atoms with van der Waals surface area (Å²) in [4.78, 5) is 69.8. The lowest BCUT2D eigenvalue weighted by molar-refractivity contribution is -0.143. The molecular weight excluding hydrogens is 414 g/mol. The van der Waals surface area contributed by atoms with E-state index in [1.807, 2.05) is 13.8 Å². The standard InChI is InChI=1S/C18H31N5O8/c1-8(2)6-10(19)16(28)22-11(4-5-14(25)26)17(29)21-9(3)15(27)23-12(18(30)31)7-13(20)24/h8-12H,4-7,19H2,1-3H3,(H2,20,24)(H,21,29)(H,22,28)(H,23,27)(H,25,26)(H,30,31). The molecule has 0 radical (unpaired) electrons. The molecule has 4 unspecified atom stereocenters. The summed E-state index contributed by atoms with van der Waals surface area (Å²) in [7, 11) is 0. The van der Waals surface area contributed by atoms with E-state index in [1.54, 1.807) is 0 Å². The Kier molecular flexibility index (Phi) is 11.8. The maximum Gasteiger partial charge on any atom is 0.326 e. The second-order valence-electron chi connectivity index (χ2n) is 7.53. The van der Waals surface area contributed by atoms with Crippen LogP contribution < -0.4 is 27.4 Å². The topological polar surface area (TPSA) is 231 Å². The summed E-state index contributed by atoms with van der Waals surface area (Å²) >= 11 is 0. The van der Waals surface area contributed by atoms with Crippen LogP contribution in [0.2, 0.25) is 0 Å². The number of aliphatic carboxylic acids is 2. The van der Waals surface area contributed by atoms with Gasteiger partial charge in [0.15, 0.2) is 0 Å². The third kappa shape index (κ3) is 11.5. The Morgan fingerprint density at radius 2 is 1.39 bits per heavy atom. The van der Waals surface area contributed by atoms with Crippen molar-refractivity contribution in [1.82, 2.24) is 16.0 Å². The fourth-order valence-electron chi connectivity index (χ4n) is 2.51. The number of carbonyl (C=O) groups is 6. The molecule has 0 heterocycles. The van der Waals surface area contributed by atoms with Crippen molar-refractivity contribution in [2.75, 3.05) is 0 Å². The predicted molar refractivity (Wildman–Crippen MR) is 107 cm³/mol. The molecule has 0 saturated heterocycles. The molecular formula is C18H31N5O8. The Hall–Kier alpha value is -3.22. The van der Waals surface area contributed by atoms with Gasteiger partial charge in [-0.1, -0.05) is 13.8 Å². The van der Waals surface area contributed by atoms with Crippen LogP contribution in [0.3, 0.4) is 0 Å². The number of amides is 4. The van der Waals surface area contributed by atoms with E-state index in [0.29, 0.717) is 6.42 Å². The lowest BCUT2D eigenvalue weighted by atomic mass is 10.0. The highest BCUT2D eigenvalue weighted by molar-refractivity contribution is 5.94. The zero-order chi connectivity index (χ0) is 24.3. The van der Waals surface area contributed by atoms with Gasteiger partial charge in [-0.25, -0.2) is 4.79 Å². The van der Waals surface area contributed by atoms with Gasteiger partial charge in [-0.2, -0.15) is 0 Å². The minimum atomic E-state index is -1.58. The Balaban J connectivity index is 5.14. The van der Waals surface area contributed by atoms with E-state index in [4.69, 9.17) is 21.7 Å². The van der Waals surface area contributed by atoms with E-state index in [2.05, 4.69) is 16.0 Å². The van der Waals surface area contributed by atoms with Gasteiger partial charge in [0, 0.05) is 6.42 Å². The Labute approximate surface area is 179 Å². The molecule has 0 aromatic heterocycles. The first-order valence-electron chi connectivity index (χ1n) is 9.64. The maximum atomic E-state index is 12.5. The number of hydrogen-bond acceptors (Lipinski definition) is 7. The quantitative estimate of drug-likeness (QED) is 0.151. The van der Waals surface area contributed by atoms with Gasteiger partial charge < -0.3 is 37.6 Å². The number of hydrogen-bond donors (Lipinski definition) is 7. The Bertz CT molecular complexity index is 696. The van der Waals surface area contributed by atoms with Crippen LogP contribution in [0.4, 0.5) is 0 Å². The van der Waals surface area contributed by atoms with Gasteiger partial charge in [0.1, 0.15) is 18.1 Å². The van der Waals surface area contributed by atoms with E-state index >= 15 is 0 Å². The molecule has 4 atom stereocenters. The van der Waals surface area contributed by atoms with Crippen LogP contribution in [0, 0.1) is 5.92 Å². The molecule has 0 aromatic rings. The number of rotatable bonds is 14. The number of carbonyl (C=O) groups excluding carboxylic acids is 4. The van der Waals surface area contributed by atoms with Gasteiger partial charge in [0.05, 0.1) is 12.5 Å². The lowest BCUT2D eigenvalue weighted by Crippen LogP contribution is -2.56. The SMILES string of the molecule is CC(C)CC(N)C(=O)NC(CCC(=O)O)C(=O)NC(C)C(=O)NC(CC(N)=O)C(=O)O. The zero-order valence-electron chi connectivity index (χ0n) is 17.7. The van der Waals surface area contributed by atoms with Gasteiger partial charge in [-0.3, -0.25) is 24.0 Å². The van der Waals surface area contributed by atoms with Crippen molar-refractivity contribution >= 4 is 35.6 Å². The van der Waals surface area contributed by atoms with E-state index in [1.165, 1.54) is 6.92 Å². The molecule has 0 fully saturated rings. The molecule has 0 rings (SSSR count). The van der Waals surface area contributed by atoms with Crippen LogP contribution in [0.15, 0.2) is 0 Å². The second-order valence-corrected chi connectivity index (χ2v) is 7.53. The van der Waals surface area contributed by atoms with Crippen LogP contribution in [-0.2, 0) is 28.8 Å². The summed E-state index contributed by atoms with van der Waals surface area (Å²) in [6.45, 7) is 4.95. The molecule has 4 amide bonds. The fourth-order valence-corrected chi connectivity index (χ4v) is 2.51. The first-order valence-corrected chi connectivity index (χ1v) is 9.64. The third-order valence-corrected chi connectivity index (χ3v) is 4.11. The first kappa shape index (κ1) is 27.8. The molecule has 0 saturated carbocycles. The first-order chi connectivity index (χ1) is 14.2. The number of carboxylic acids is 2. The molecule has 176 valence electrons. The minimum absolute atomic E-state index is 0.110. The monoisotopic (exact) mass is 445 g/mol. The van der Waals surface area contributed by atoms with E-state index in [9.17, 15) is 28.8 Å². The summed E-state index contributed by atoms with van der Waals surface area (Å²) in [5, 5.41) is 24.6. The van der Waals surface area contributed by atoms with Gasteiger partial charge >= 0.3 is 11.9 Å².